The molecule has 1 rings (SSSR count). The Hall–Kier alpha value is -0.570. The van der Waals surface area contributed by atoms with Gasteiger partial charge in [-0.15, -0.1) is 0 Å². The molecule has 0 saturated heterocycles. The summed E-state index contributed by atoms with van der Waals surface area (Å²) in [5.41, 5.74) is 0. The van der Waals surface area contributed by atoms with Gasteiger partial charge in [0.25, 0.3) is 0 Å². The van der Waals surface area contributed by atoms with Gasteiger partial charge in [0.2, 0.25) is 0 Å². The van der Waals surface area contributed by atoms with Gasteiger partial charge in [-0.25, -0.2) is 0 Å². The van der Waals surface area contributed by atoms with Crippen LogP contribution in [0.25, 0.3) is 0 Å². The highest BCUT2D eigenvalue weighted by atomic mass is 16.5. The summed E-state index contributed by atoms with van der Waals surface area (Å²) in [6, 6.07) is 0. The van der Waals surface area contributed by atoms with Crippen molar-refractivity contribution >= 4 is 5.97 Å². The molecule has 3 heteroatoms. The predicted octanol–water partition coefficient (Wildman–Crippen LogP) is 1.97. The topological polar surface area (TPSA) is 38.3 Å². The fourth-order valence-corrected chi connectivity index (χ4v) is 2.28. The van der Waals surface area contributed by atoms with Crippen LogP contribution in [0.3, 0.4) is 0 Å². The Morgan fingerprint density at radius 1 is 1.40 bits per heavy atom. The van der Waals surface area contributed by atoms with Gasteiger partial charge in [-0.1, -0.05) is 26.2 Å². The first kappa shape index (κ1) is 12.5. The summed E-state index contributed by atoms with van der Waals surface area (Å²) in [6.07, 6.45) is 5.95. The molecule has 88 valence electrons. The SMILES string of the molecule is COC(=O)CCNCC1CCCCC1C. The van der Waals surface area contributed by atoms with Gasteiger partial charge in [0.15, 0.2) is 0 Å². The van der Waals surface area contributed by atoms with Crippen molar-refractivity contribution in [3.05, 3.63) is 0 Å². The average molecular weight is 213 g/mol. The number of rotatable bonds is 5. The molecule has 3 nitrogen and oxygen atoms in total. The molecule has 1 saturated carbocycles. The van der Waals surface area contributed by atoms with E-state index in [0.29, 0.717) is 6.42 Å². The first-order valence-corrected chi connectivity index (χ1v) is 6.01. The lowest BCUT2D eigenvalue weighted by atomic mass is 9.80. The maximum atomic E-state index is 10.9. The molecule has 0 amide bonds. The Bertz CT molecular complexity index is 194. The molecule has 15 heavy (non-hydrogen) atoms. The summed E-state index contributed by atoms with van der Waals surface area (Å²) in [5, 5.41) is 3.35. The summed E-state index contributed by atoms with van der Waals surface area (Å²) in [5.74, 6) is 1.51. The molecule has 0 bridgehead atoms. The number of ether oxygens (including phenoxy) is 1. The van der Waals surface area contributed by atoms with E-state index in [4.69, 9.17) is 0 Å². The monoisotopic (exact) mass is 213 g/mol. The van der Waals surface area contributed by atoms with E-state index in [-0.39, 0.29) is 5.97 Å². The number of esters is 1. The van der Waals surface area contributed by atoms with Gasteiger partial charge < -0.3 is 10.1 Å². The third kappa shape index (κ3) is 4.65. The summed E-state index contributed by atoms with van der Waals surface area (Å²) in [6.45, 7) is 4.14. The lowest BCUT2D eigenvalue weighted by Crippen LogP contribution is -2.30. The second-order valence-corrected chi connectivity index (χ2v) is 4.55. The molecule has 1 N–H and O–H groups in total. The van der Waals surface area contributed by atoms with Crippen LogP contribution in [0.15, 0.2) is 0 Å². The zero-order valence-electron chi connectivity index (χ0n) is 9.92. The quantitative estimate of drug-likeness (QED) is 0.560. The summed E-state index contributed by atoms with van der Waals surface area (Å²) in [7, 11) is 1.44. The average Bonchev–Trinajstić information content (AvgIpc) is 2.26. The van der Waals surface area contributed by atoms with E-state index in [1.165, 1.54) is 32.8 Å². The molecule has 0 spiro atoms. The second-order valence-electron chi connectivity index (χ2n) is 4.55. The van der Waals surface area contributed by atoms with Crippen molar-refractivity contribution in [2.24, 2.45) is 11.8 Å². The summed E-state index contributed by atoms with van der Waals surface area (Å²) >= 11 is 0. The van der Waals surface area contributed by atoms with Crippen molar-refractivity contribution in [2.75, 3.05) is 20.2 Å². The molecule has 1 aliphatic carbocycles. The van der Waals surface area contributed by atoms with Gasteiger partial charge in [0.1, 0.15) is 0 Å². The minimum absolute atomic E-state index is 0.126. The molecule has 0 aromatic carbocycles. The van der Waals surface area contributed by atoms with Crippen LogP contribution in [0, 0.1) is 11.8 Å². The molecular weight excluding hydrogens is 190 g/mol. The number of methoxy groups -OCH3 is 1. The lowest BCUT2D eigenvalue weighted by molar-refractivity contribution is -0.140. The predicted molar refractivity (Wildman–Crippen MR) is 60.6 cm³/mol. The molecule has 1 fully saturated rings. The van der Waals surface area contributed by atoms with Gasteiger partial charge in [0.05, 0.1) is 13.5 Å². The molecule has 2 unspecified atom stereocenters. The van der Waals surface area contributed by atoms with Crippen LogP contribution in [0.5, 0.6) is 0 Å². The second kappa shape index (κ2) is 6.83. The molecule has 0 heterocycles. The van der Waals surface area contributed by atoms with E-state index >= 15 is 0 Å². The van der Waals surface area contributed by atoms with Gasteiger partial charge in [-0.05, 0) is 24.8 Å². The summed E-state index contributed by atoms with van der Waals surface area (Å²) < 4.78 is 4.58. The van der Waals surface area contributed by atoms with Gasteiger partial charge in [-0.3, -0.25) is 4.79 Å². The molecule has 0 aromatic heterocycles. The van der Waals surface area contributed by atoms with Gasteiger partial charge in [0, 0.05) is 6.54 Å². The Morgan fingerprint density at radius 3 is 2.80 bits per heavy atom. The van der Waals surface area contributed by atoms with Crippen LogP contribution in [0.4, 0.5) is 0 Å². The standard InChI is InChI=1S/C12H23NO2/c1-10-5-3-4-6-11(10)9-13-8-7-12(14)15-2/h10-11,13H,3-9H2,1-2H3. The van der Waals surface area contributed by atoms with Crippen molar-refractivity contribution in [2.45, 2.75) is 39.0 Å². The van der Waals surface area contributed by atoms with Crippen LogP contribution in [-0.4, -0.2) is 26.2 Å². The summed E-state index contributed by atoms with van der Waals surface area (Å²) in [4.78, 5) is 10.9. The van der Waals surface area contributed by atoms with Crippen LogP contribution in [0.2, 0.25) is 0 Å². The number of hydrogen-bond acceptors (Lipinski definition) is 3. The largest absolute Gasteiger partial charge is 0.469 e. The molecule has 0 aliphatic heterocycles. The normalized spacial score (nSPS) is 26.3. The van der Waals surface area contributed by atoms with Crippen molar-refractivity contribution in [3.8, 4) is 0 Å². The minimum atomic E-state index is -0.126. The molecule has 2 atom stereocenters. The first-order chi connectivity index (χ1) is 7.24. The van der Waals surface area contributed by atoms with Crippen molar-refractivity contribution < 1.29 is 9.53 Å². The maximum Gasteiger partial charge on any atom is 0.306 e. The minimum Gasteiger partial charge on any atom is -0.469 e. The van der Waals surface area contributed by atoms with Crippen LogP contribution < -0.4 is 5.32 Å². The number of carbonyl (C=O) groups is 1. The zero-order valence-corrected chi connectivity index (χ0v) is 9.92. The highest BCUT2D eigenvalue weighted by molar-refractivity contribution is 5.69. The molecule has 1 aliphatic rings. The lowest BCUT2D eigenvalue weighted by Gasteiger charge is -2.28. The number of nitrogens with one attached hydrogen (secondary N) is 1. The first-order valence-electron chi connectivity index (χ1n) is 6.01. The van der Waals surface area contributed by atoms with Gasteiger partial charge >= 0.3 is 5.97 Å². The smallest absolute Gasteiger partial charge is 0.306 e. The van der Waals surface area contributed by atoms with Crippen molar-refractivity contribution in [1.82, 2.24) is 5.32 Å². The molecule has 0 aromatic rings. The van der Waals surface area contributed by atoms with E-state index in [9.17, 15) is 4.79 Å². The Morgan fingerprint density at radius 2 is 2.13 bits per heavy atom. The fourth-order valence-electron chi connectivity index (χ4n) is 2.28. The van der Waals surface area contributed by atoms with E-state index in [1.807, 2.05) is 0 Å². The van der Waals surface area contributed by atoms with E-state index in [2.05, 4.69) is 17.0 Å². The maximum absolute atomic E-state index is 10.9. The Kier molecular flexibility index (Phi) is 5.69. The third-order valence-corrected chi connectivity index (χ3v) is 3.43. The van der Waals surface area contributed by atoms with Crippen molar-refractivity contribution in [1.29, 1.82) is 0 Å². The zero-order chi connectivity index (χ0) is 11.1. The van der Waals surface area contributed by atoms with Crippen LogP contribution in [-0.2, 0) is 9.53 Å². The molecule has 0 radical (unpaired) electrons. The highest BCUT2D eigenvalue weighted by Crippen LogP contribution is 2.28. The Balaban J connectivity index is 2.06. The number of carbonyl (C=O) groups excluding carboxylic acids is 1. The van der Waals surface area contributed by atoms with E-state index < -0.39 is 0 Å². The molecular formula is C12H23NO2. The van der Waals surface area contributed by atoms with Crippen molar-refractivity contribution in [3.63, 3.8) is 0 Å². The van der Waals surface area contributed by atoms with Crippen LogP contribution >= 0.6 is 0 Å². The number of hydrogen-bond donors (Lipinski definition) is 1. The highest BCUT2D eigenvalue weighted by Gasteiger charge is 2.20. The van der Waals surface area contributed by atoms with Gasteiger partial charge in [-0.2, -0.15) is 0 Å². The van der Waals surface area contributed by atoms with Crippen LogP contribution in [0.1, 0.15) is 39.0 Å². The Labute approximate surface area is 92.6 Å². The van der Waals surface area contributed by atoms with E-state index in [1.54, 1.807) is 0 Å². The van der Waals surface area contributed by atoms with E-state index in [0.717, 1.165) is 24.9 Å². The fraction of sp³-hybridized carbons (Fsp3) is 0.917. The third-order valence-electron chi connectivity index (χ3n) is 3.43.